The summed E-state index contributed by atoms with van der Waals surface area (Å²) in [5, 5.41) is 8.37. The van der Waals surface area contributed by atoms with Crippen LogP contribution in [0, 0.1) is 11.8 Å². The van der Waals surface area contributed by atoms with Gasteiger partial charge in [0, 0.05) is 13.6 Å². The fourth-order valence-corrected chi connectivity index (χ4v) is 5.15. The molecule has 2 aromatic carbocycles. The molecule has 0 aromatic heterocycles. The number of rotatable bonds is 9. The van der Waals surface area contributed by atoms with E-state index in [0.717, 1.165) is 5.56 Å². The van der Waals surface area contributed by atoms with E-state index in [1.54, 1.807) is 54.4 Å². The monoisotopic (exact) mass is 610 g/mol. The van der Waals surface area contributed by atoms with Crippen molar-refractivity contribution >= 4 is 23.6 Å². The number of nitrogens with one attached hydrogen (secondary N) is 3. The summed E-state index contributed by atoms with van der Waals surface area (Å²) < 4.78 is 16.8. The molecule has 3 atom stereocenters. The van der Waals surface area contributed by atoms with Crippen LogP contribution in [-0.4, -0.2) is 74.5 Å². The molecule has 1 aliphatic heterocycles. The van der Waals surface area contributed by atoms with E-state index in [1.807, 2.05) is 13.8 Å². The molecule has 11 nitrogen and oxygen atoms in total. The first-order valence-corrected chi connectivity index (χ1v) is 15.0. The number of para-hydroxylation sites is 1. The second kappa shape index (κ2) is 16.0. The summed E-state index contributed by atoms with van der Waals surface area (Å²) in [6.45, 7) is 8.34. The summed E-state index contributed by atoms with van der Waals surface area (Å²) in [7, 11) is 4.77. The molecule has 44 heavy (non-hydrogen) atoms. The lowest BCUT2D eigenvalue weighted by molar-refractivity contribution is -0.138. The summed E-state index contributed by atoms with van der Waals surface area (Å²) in [5.41, 5.74) is 0.950. The number of methoxy groups -OCH3 is 2. The first-order chi connectivity index (χ1) is 20.9. The van der Waals surface area contributed by atoms with Gasteiger partial charge in [-0.25, -0.2) is 0 Å². The number of fused-ring (bicyclic) bond motifs is 1. The van der Waals surface area contributed by atoms with E-state index in [1.165, 1.54) is 14.2 Å². The predicted molar refractivity (Wildman–Crippen MR) is 167 cm³/mol. The van der Waals surface area contributed by atoms with Crippen molar-refractivity contribution in [2.24, 2.45) is 11.8 Å². The molecule has 0 unspecified atom stereocenters. The molecule has 3 rings (SSSR count). The van der Waals surface area contributed by atoms with Gasteiger partial charge in [0.05, 0.1) is 32.2 Å². The molecule has 240 valence electrons. The summed E-state index contributed by atoms with van der Waals surface area (Å²) in [6, 6.07) is 9.64. The van der Waals surface area contributed by atoms with Gasteiger partial charge in [0.15, 0.2) is 11.5 Å². The number of amides is 4. The highest BCUT2D eigenvalue weighted by Gasteiger charge is 2.33. The van der Waals surface area contributed by atoms with Gasteiger partial charge in [0.1, 0.15) is 24.4 Å². The predicted octanol–water partition coefficient (Wildman–Crippen LogP) is 3.31. The Morgan fingerprint density at radius 1 is 0.977 bits per heavy atom. The van der Waals surface area contributed by atoms with Crippen molar-refractivity contribution in [1.29, 1.82) is 0 Å². The summed E-state index contributed by atoms with van der Waals surface area (Å²) in [6.07, 6.45) is 0.713. The largest absolute Gasteiger partial charge is 0.493 e. The van der Waals surface area contributed by atoms with Gasteiger partial charge in [-0.05, 0) is 54.5 Å². The number of hydrogen-bond acceptors (Lipinski definition) is 7. The molecule has 4 amide bonds. The van der Waals surface area contributed by atoms with Crippen molar-refractivity contribution in [1.82, 2.24) is 20.9 Å². The highest BCUT2D eigenvalue weighted by Crippen LogP contribution is 2.27. The van der Waals surface area contributed by atoms with Gasteiger partial charge in [0.25, 0.3) is 5.91 Å². The summed E-state index contributed by atoms with van der Waals surface area (Å²) >= 11 is 0. The highest BCUT2D eigenvalue weighted by molar-refractivity contribution is 6.01. The topological polar surface area (TPSA) is 135 Å². The van der Waals surface area contributed by atoms with Gasteiger partial charge >= 0.3 is 0 Å². The van der Waals surface area contributed by atoms with E-state index >= 15 is 0 Å². The van der Waals surface area contributed by atoms with Crippen LogP contribution in [0.25, 0.3) is 0 Å². The number of carbonyl (C=O) groups excluding carboxylic acids is 4. The second-order valence-corrected chi connectivity index (χ2v) is 11.9. The van der Waals surface area contributed by atoms with Gasteiger partial charge in [-0.2, -0.15) is 0 Å². The molecule has 0 fully saturated rings. The minimum absolute atomic E-state index is 0.114. The molecule has 0 bridgehead atoms. The Morgan fingerprint density at radius 3 is 2.32 bits per heavy atom. The van der Waals surface area contributed by atoms with Gasteiger partial charge < -0.3 is 35.1 Å². The van der Waals surface area contributed by atoms with Crippen LogP contribution in [0.15, 0.2) is 42.5 Å². The van der Waals surface area contributed by atoms with Gasteiger partial charge in [-0.3, -0.25) is 19.2 Å². The lowest BCUT2D eigenvalue weighted by Gasteiger charge is -2.33. The van der Waals surface area contributed by atoms with E-state index < -0.39 is 29.8 Å². The highest BCUT2D eigenvalue weighted by atomic mass is 16.5. The average Bonchev–Trinajstić information content (AvgIpc) is 2.99. The molecule has 1 heterocycles. The maximum Gasteiger partial charge on any atom is 0.255 e. The smallest absolute Gasteiger partial charge is 0.255 e. The molecule has 0 saturated heterocycles. The SMILES string of the molecule is COc1ccc(CNC(=O)[C@@H]2CC(=O)N[C@H](CC(C)C)C(=O)N(C)[C@@H](CC(C)C)COc3ccccc3C(=O)N2)cc1OC. The van der Waals surface area contributed by atoms with Crippen molar-refractivity contribution < 1.29 is 33.4 Å². The van der Waals surface area contributed by atoms with E-state index in [4.69, 9.17) is 14.2 Å². The zero-order chi connectivity index (χ0) is 32.4. The summed E-state index contributed by atoms with van der Waals surface area (Å²) in [4.78, 5) is 55.7. The minimum atomic E-state index is -1.22. The first kappa shape index (κ1) is 34.2. The van der Waals surface area contributed by atoms with Gasteiger partial charge in [-0.1, -0.05) is 45.9 Å². The van der Waals surface area contributed by atoms with E-state index in [0.29, 0.717) is 30.1 Å². The van der Waals surface area contributed by atoms with Crippen molar-refractivity contribution in [3.05, 3.63) is 53.6 Å². The van der Waals surface area contributed by atoms with Crippen molar-refractivity contribution in [2.45, 2.75) is 71.6 Å². The van der Waals surface area contributed by atoms with Crippen LogP contribution >= 0.6 is 0 Å². The number of likely N-dealkylation sites (N-methyl/N-ethyl adjacent to an activating group) is 1. The van der Waals surface area contributed by atoms with E-state index in [2.05, 4.69) is 29.8 Å². The lowest BCUT2D eigenvalue weighted by atomic mass is 9.99. The van der Waals surface area contributed by atoms with E-state index in [-0.39, 0.29) is 48.9 Å². The van der Waals surface area contributed by atoms with Crippen LogP contribution in [0.3, 0.4) is 0 Å². The molecule has 0 aliphatic carbocycles. The molecule has 2 aromatic rings. The van der Waals surface area contributed by atoms with Gasteiger partial charge in [-0.15, -0.1) is 0 Å². The lowest BCUT2D eigenvalue weighted by Crippen LogP contribution is -2.54. The zero-order valence-corrected chi connectivity index (χ0v) is 26.8. The third-order valence-corrected chi connectivity index (χ3v) is 7.47. The normalized spacial score (nSPS) is 19.8. The Morgan fingerprint density at radius 2 is 1.66 bits per heavy atom. The maximum atomic E-state index is 13.7. The zero-order valence-electron chi connectivity index (χ0n) is 26.8. The molecular weight excluding hydrogens is 564 g/mol. The third kappa shape index (κ3) is 9.36. The molecule has 0 saturated carbocycles. The third-order valence-electron chi connectivity index (χ3n) is 7.47. The number of hydrogen-bond donors (Lipinski definition) is 3. The second-order valence-electron chi connectivity index (χ2n) is 11.9. The van der Waals surface area contributed by atoms with Crippen LogP contribution in [0.1, 0.15) is 62.9 Å². The Kier molecular flexibility index (Phi) is 12.4. The standard InChI is InChI=1S/C33H46N4O7/c1-20(2)14-23-19-44-27-11-9-8-10-24(27)31(39)36-25(17-30(38)35-26(15-21(3)4)33(41)37(23)5)32(40)34-18-22-12-13-28(42-6)29(16-22)43-7/h8-13,16,20-21,23,25-26H,14-15,17-19H2,1-7H3,(H,34,40)(H,35,38)(H,36,39)/t23-,25-,26+/m0/s1. The van der Waals surface area contributed by atoms with Crippen molar-refractivity contribution in [3.8, 4) is 17.2 Å². The van der Waals surface area contributed by atoms with Crippen LogP contribution in [0.2, 0.25) is 0 Å². The molecule has 1 aliphatic rings. The van der Waals surface area contributed by atoms with E-state index in [9.17, 15) is 19.2 Å². The Hall–Kier alpha value is -4.28. The number of benzene rings is 2. The number of carbonyl (C=O) groups is 4. The Labute approximate surface area is 260 Å². The van der Waals surface area contributed by atoms with Crippen LogP contribution in [0.4, 0.5) is 0 Å². The average molecular weight is 611 g/mol. The fraction of sp³-hybridized carbons (Fsp3) is 0.515. The van der Waals surface area contributed by atoms with Crippen molar-refractivity contribution in [3.63, 3.8) is 0 Å². The van der Waals surface area contributed by atoms with Crippen molar-refractivity contribution in [2.75, 3.05) is 27.9 Å². The van der Waals surface area contributed by atoms with Gasteiger partial charge in [0.2, 0.25) is 17.7 Å². The molecule has 0 radical (unpaired) electrons. The quantitative estimate of drug-likeness (QED) is 0.397. The Balaban J connectivity index is 1.93. The fourth-order valence-electron chi connectivity index (χ4n) is 5.15. The van der Waals surface area contributed by atoms with Crippen LogP contribution in [-0.2, 0) is 20.9 Å². The molecule has 0 spiro atoms. The molecular formula is C33H46N4O7. The minimum Gasteiger partial charge on any atom is -0.493 e. The molecule has 3 N–H and O–H groups in total. The maximum absolute atomic E-state index is 13.7. The van der Waals surface area contributed by atoms with Crippen LogP contribution in [0.5, 0.6) is 17.2 Å². The first-order valence-electron chi connectivity index (χ1n) is 15.0. The number of nitrogens with zero attached hydrogens (tertiary/aromatic N) is 1. The summed E-state index contributed by atoms with van der Waals surface area (Å²) in [5.74, 6) is -0.111. The molecule has 11 heteroatoms. The Bertz CT molecular complexity index is 1310. The van der Waals surface area contributed by atoms with Crippen LogP contribution < -0.4 is 30.2 Å². The number of ether oxygens (including phenoxy) is 3.